The van der Waals surface area contributed by atoms with Crippen molar-refractivity contribution in [2.24, 2.45) is 0 Å². The van der Waals surface area contributed by atoms with Gasteiger partial charge in [-0.05, 0) is 0 Å². The van der Waals surface area contributed by atoms with Crippen LogP contribution in [0.4, 0.5) is 0 Å². The van der Waals surface area contributed by atoms with Gasteiger partial charge in [-0.15, -0.1) is 0 Å². The summed E-state index contributed by atoms with van der Waals surface area (Å²) < 4.78 is 0. The first-order chi connectivity index (χ1) is 18.3. The van der Waals surface area contributed by atoms with Gasteiger partial charge in [0.15, 0.2) is 0 Å². The van der Waals surface area contributed by atoms with Gasteiger partial charge in [-0.2, -0.15) is 0 Å². The molecule has 0 nitrogen and oxygen atoms in total. The fourth-order valence-corrected chi connectivity index (χ4v) is 13.1. The van der Waals surface area contributed by atoms with E-state index in [4.69, 9.17) is 0 Å². The van der Waals surface area contributed by atoms with Crippen molar-refractivity contribution < 1.29 is 0 Å². The van der Waals surface area contributed by atoms with Gasteiger partial charge >= 0.3 is 223 Å². The van der Waals surface area contributed by atoms with Gasteiger partial charge in [0, 0.05) is 0 Å². The number of hydrogen-bond donors (Lipinski definition) is 0. The van der Waals surface area contributed by atoms with Crippen molar-refractivity contribution in [3.05, 3.63) is 117 Å². The van der Waals surface area contributed by atoms with E-state index in [1.165, 1.54) is 77.0 Å². The van der Waals surface area contributed by atoms with Crippen LogP contribution in [-0.4, -0.2) is 0 Å². The van der Waals surface area contributed by atoms with E-state index < -0.39 is 7.26 Å². The van der Waals surface area contributed by atoms with Crippen molar-refractivity contribution in [2.45, 2.75) is 77.0 Å². The SMILES string of the molecule is c1cc2c(cc1[PH](c1ccc3c(c1)CCC3)(c1ccc3c(c1)CCC3)c1ccc3c(c1)CCC3)CCC2. The van der Waals surface area contributed by atoms with E-state index in [1.54, 1.807) is 65.7 Å². The Morgan fingerprint density at radius 2 is 0.541 bits per heavy atom. The summed E-state index contributed by atoms with van der Waals surface area (Å²) in [7, 11) is -2.47. The van der Waals surface area contributed by atoms with E-state index in [0.29, 0.717) is 0 Å². The Morgan fingerprint density at radius 1 is 0.297 bits per heavy atom. The third-order valence-electron chi connectivity index (χ3n) is 10.1. The van der Waals surface area contributed by atoms with Crippen molar-refractivity contribution in [3.63, 3.8) is 0 Å². The van der Waals surface area contributed by atoms with Crippen molar-refractivity contribution in [3.8, 4) is 0 Å². The van der Waals surface area contributed by atoms with E-state index in [9.17, 15) is 0 Å². The van der Waals surface area contributed by atoms with E-state index in [-0.39, 0.29) is 0 Å². The predicted octanol–water partition coefficient (Wildman–Crippen LogP) is 5.99. The Labute approximate surface area is 222 Å². The standard InChI is InChI=1S/C36H37P/c1-5-25-13-17-33(21-29(25)9-1)37(34-18-14-26-6-2-10-30(26)22-34,35-19-15-27-7-3-11-31(27)23-35)36-20-16-28-8-4-12-32(28)24-36/h13-24,37H,1-12H2. The molecule has 186 valence electrons. The molecule has 4 aromatic rings. The number of benzene rings is 4. The Kier molecular flexibility index (Phi) is 5.23. The van der Waals surface area contributed by atoms with Crippen LogP contribution in [0.5, 0.6) is 0 Å². The first-order valence-electron chi connectivity index (χ1n) is 14.8. The third-order valence-corrected chi connectivity index (χ3v) is 14.8. The molecule has 0 radical (unpaired) electrons. The normalized spacial score (nSPS) is 17.9. The monoisotopic (exact) mass is 500 g/mol. The number of fused-ring (bicyclic) bond motifs is 4. The second-order valence-corrected chi connectivity index (χ2v) is 15.9. The van der Waals surface area contributed by atoms with Crippen molar-refractivity contribution in [1.29, 1.82) is 0 Å². The summed E-state index contributed by atoms with van der Waals surface area (Å²) in [4.78, 5) is 0. The number of hydrogen-bond acceptors (Lipinski definition) is 0. The van der Waals surface area contributed by atoms with Gasteiger partial charge in [0.05, 0.1) is 0 Å². The summed E-state index contributed by atoms with van der Waals surface area (Å²) in [6.45, 7) is 0. The molecule has 0 unspecified atom stereocenters. The topological polar surface area (TPSA) is 0 Å². The molecule has 4 aliphatic rings. The molecular weight excluding hydrogens is 463 g/mol. The zero-order valence-electron chi connectivity index (χ0n) is 21.9. The minimum atomic E-state index is -2.47. The Bertz CT molecular complexity index is 1310. The molecule has 0 heterocycles. The third kappa shape index (κ3) is 3.45. The fraction of sp³-hybridized carbons (Fsp3) is 0.333. The summed E-state index contributed by atoms with van der Waals surface area (Å²) in [6.07, 6.45) is 15.2. The first-order valence-corrected chi connectivity index (χ1v) is 16.8. The summed E-state index contributed by atoms with van der Waals surface area (Å²) in [5.41, 5.74) is 12.8. The van der Waals surface area contributed by atoms with Gasteiger partial charge < -0.3 is 0 Å². The molecule has 0 saturated carbocycles. The van der Waals surface area contributed by atoms with E-state index in [1.807, 2.05) is 0 Å². The Balaban J connectivity index is 1.46. The number of aryl methyl sites for hydroxylation is 8. The quantitative estimate of drug-likeness (QED) is 0.302. The summed E-state index contributed by atoms with van der Waals surface area (Å²) in [6, 6.07) is 30.8. The van der Waals surface area contributed by atoms with Crippen molar-refractivity contribution >= 4 is 28.5 Å². The average molecular weight is 501 g/mol. The van der Waals surface area contributed by atoms with Crippen LogP contribution in [0.1, 0.15) is 70.2 Å². The van der Waals surface area contributed by atoms with Crippen LogP contribution in [-0.2, 0) is 51.4 Å². The van der Waals surface area contributed by atoms with Gasteiger partial charge in [0.2, 0.25) is 0 Å². The minimum absolute atomic E-state index is 1.24. The molecule has 1 heteroatoms. The molecule has 0 bridgehead atoms. The van der Waals surface area contributed by atoms with Crippen LogP contribution in [0.2, 0.25) is 0 Å². The van der Waals surface area contributed by atoms with Crippen LogP contribution >= 0.6 is 7.26 Å². The van der Waals surface area contributed by atoms with Gasteiger partial charge in [-0.1, -0.05) is 0 Å². The van der Waals surface area contributed by atoms with Gasteiger partial charge in [-0.25, -0.2) is 0 Å². The summed E-state index contributed by atoms with van der Waals surface area (Å²) in [5.74, 6) is 0. The average Bonchev–Trinajstić information content (AvgIpc) is 3.74. The van der Waals surface area contributed by atoms with Gasteiger partial charge in [-0.3, -0.25) is 0 Å². The molecule has 37 heavy (non-hydrogen) atoms. The first kappa shape index (κ1) is 22.3. The van der Waals surface area contributed by atoms with Gasteiger partial charge in [0.1, 0.15) is 0 Å². The predicted molar refractivity (Wildman–Crippen MR) is 161 cm³/mol. The Hall–Kier alpha value is -2.69. The molecule has 0 atom stereocenters. The molecule has 0 aromatic heterocycles. The molecule has 0 spiro atoms. The van der Waals surface area contributed by atoms with Crippen LogP contribution in [0.15, 0.2) is 72.8 Å². The second-order valence-electron chi connectivity index (χ2n) is 12.1. The molecule has 8 rings (SSSR count). The summed E-state index contributed by atoms with van der Waals surface area (Å²) >= 11 is 0. The molecular formula is C36H37P. The zero-order valence-corrected chi connectivity index (χ0v) is 22.9. The van der Waals surface area contributed by atoms with Crippen LogP contribution in [0.25, 0.3) is 0 Å². The summed E-state index contributed by atoms with van der Waals surface area (Å²) in [5, 5.41) is 6.40. The maximum absolute atomic E-state index is 2.65. The zero-order chi connectivity index (χ0) is 24.4. The molecule has 0 fully saturated rings. The maximum atomic E-state index is 2.65. The molecule has 4 aliphatic carbocycles. The van der Waals surface area contributed by atoms with E-state index >= 15 is 0 Å². The second kappa shape index (κ2) is 8.68. The number of rotatable bonds is 4. The Morgan fingerprint density at radius 3 is 0.811 bits per heavy atom. The van der Waals surface area contributed by atoms with Crippen molar-refractivity contribution in [2.75, 3.05) is 0 Å². The fourth-order valence-electron chi connectivity index (χ4n) is 8.22. The molecule has 0 N–H and O–H groups in total. The molecule has 4 aromatic carbocycles. The van der Waals surface area contributed by atoms with Crippen LogP contribution in [0, 0.1) is 0 Å². The van der Waals surface area contributed by atoms with Crippen LogP contribution < -0.4 is 21.2 Å². The van der Waals surface area contributed by atoms with E-state index in [2.05, 4.69) is 72.8 Å². The van der Waals surface area contributed by atoms with E-state index in [0.717, 1.165) is 0 Å². The van der Waals surface area contributed by atoms with Crippen molar-refractivity contribution in [1.82, 2.24) is 0 Å². The molecule has 0 amide bonds. The molecule has 0 aliphatic heterocycles. The van der Waals surface area contributed by atoms with Crippen LogP contribution in [0.3, 0.4) is 0 Å². The van der Waals surface area contributed by atoms with Gasteiger partial charge in [0.25, 0.3) is 0 Å². The molecule has 0 saturated heterocycles.